The Bertz CT molecular complexity index is 786. The maximum absolute atomic E-state index is 12.2. The molecule has 0 bridgehead atoms. The van der Waals surface area contributed by atoms with Gasteiger partial charge in [-0.2, -0.15) is 0 Å². The molecular formula is C15H17ClN4O2S. The quantitative estimate of drug-likeness (QED) is 0.916. The van der Waals surface area contributed by atoms with Gasteiger partial charge in [-0.15, -0.1) is 11.3 Å². The Hall–Kier alpha value is -1.86. The summed E-state index contributed by atoms with van der Waals surface area (Å²) in [5.41, 5.74) is 1.39. The lowest BCUT2D eigenvalue weighted by Crippen LogP contribution is -2.45. The van der Waals surface area contributed by atoms with Crippen molar-refractivity contribution in [2.45, 2.75) is 19.4 Å². The first-order valence-electron chi connectivity index (χ1n) is 7.35. The summed E-state index contributed by atoms with van der Waals surface area (Å²) in [4.78, 5) is 31.4. The van der Waals surface area contributed by atoms with E-state index in [4.69, 9.17) is 11.6 Å². The zero-order valence-corrected chi connectivity index (χ0v) is 14.3. The fraction of sp³-hybridized carbons (Fsp3) is 0.400. The molecule has 1 N–H and O–H groups in total. The van der Waals surface area contributed by atoms with Crippen LogP contribution in [-0.4, -0.2) is 33.6 Å². The Morgan fingerprint density at radius 1 is 1.48 bits per heavy atom. The van der Waals surface area contributed by atoms with E-state index in [0.29, 0.717) is 37.3 Å². The first kappa shape index (κ1) is 16.0. The van der Waals surface area contributed by atoms with Crippen LogP contribution in [0.4, 0.5) is 4.79 Å². The summed E-state index contributed by atoms with van der Waals surface area (Å²) < 4.78 is 2.23. The van der Waals surface area contributed by atoms with Gasteiger partial charge in [0, 0.05) is 30.6 Å². The fourth-order valence-electron chi connectivity index (χ4n) is 2.58. The van der Waals surface area contributed by atoms with E-state index in [-0.39, 0.29) is 11.6 Å². The van der Waals surface area contributed by atoms with Crippen molar-refractivity contribution < 1.29 is 4.79 Å². The number of urea groups is 1. The molecule has 6 nitrogen and oxygen atoms in total. The van der Waals surface area contributed by atoms with Crippen LogP contribution in [0.15, 0.2) is 23.3 Å². The summed E-state index contributed by atoms with van der Waals surface area (Å²) in [7, 11) is 1.69. The Morgan fingerprint density at radius 2 is 2.30 bits per heavy atom. The van der Waals surface area contributed by atoms with Crippen molar-refractivity contribution in [1.29, 1.82) is 0 Å². The largest absolute Gasteiger partial charge is 0.338 e. The van der Waals surface area contributed by atoms with E-state index >= 15 is 0 Å². The van der Waals surface area contributed by atoms with Crippen molar-refractivity contribution in [3.63, 3.8) is 0 Å². The highest BCUT2D eigenvalue weighted by molar-refractivity contribution is 7.16. The monoisotopic (exact) mass is 352 g/mol. The molecule has 0 fully saturated rings. The van der Waals surface area contributed by atoms with Crippen molar-refractivity contribution in [2.24, 2.45) is 7.05 Å². The molecule has 122 valence electrons. The molecule has 3 rings (SSSR count). The number of fused-ring (bicyclic) bond motifs is 1. The molecule has 0 aliphatic carbocycles. The normalized spacial score (nSPS) is 13.7. The van der Waals surface area contributed by atoms with Gasteiger partial charge in [-0.25, -0.2) is 9.78 Å². The number of aryl methyl sites for hydroxylation is 1. The third kappa shape index (κ3) is 3.56. The average Bonchev–Trinajstić information content (AvgIpc) is 2.96. The molecule has 2 aromatic rings. The van der Waals surface area contributed by atoms with Crippen molar-refractivity contribution in [1.82, 2.24) is 19.8 Å². The van der Waals surface area contributed by atoms with Gasteiger partial charge in [0.05, 0.1) is 22.9 Å². The number of nitrogens with one attached hydrogen (secondary N) is 1. The molecule has 0 spiro atoms. The number of rotatable bonds is 3. The second kappa shape index (κ2) is 6.72. The van der Waals surface area contributed by atoms with Gasteiger partial charge in [0.1, 0.15) is 0 Å². The predicted octanol–water partition coefficient (Wildman–Crippen LogP) is 1.81. The van der Waals surface area contributed by atoms with Crippen LogP contribution < -0.4 is 10.9 Å². The van der Waals surface area contributed by atoms with Crippen molar-refractivity contribution >= 4 is 29.0 Å². The molecule has 0 atom stereocenters. The number of carbonyl (C=O) groups excluding carboxylic acids is 1. The number of thiophene rings is 1. The van der Waals surface area contributed by atoms with Gasteiger partial charge in [-0.3, -0.25) is 4.79 Å². The summed E-state index contributed by atoms with van der Waals surface area (Å²) in [6.45, 7) is 1.47. The second-order valence-corrected chi connectivity index (χ2v) is 7.24. The highest BCUT2D eigenvalue weighted by Gasteiger charge is 2.23. The number of carbonyl (C=O) groups is 1. The number of halogens is 1. The average molecular weight is 353 g/mol. The van der Waals surface area contributed by atoms with Gasteiger partial charge in [0.2, 0.25) is 0 Å². The van der Waals surface area contributed by atoms with Gasteiger partial charge < -0.3 is 14.8 Å². The molecule has 0 radical (unpaired) electrons. The smallest absolute Gasteiger partial charge is 0.317 e. The van der Waals surface area contributed by atoms with E-state index < -0.39 is 0 Å². The molecule has 1 aliphatic rings. The minimum atomic E-state index is -0.124. The third-order valence-electron chi connectivity index (χ3n) is 3.85. The number of hydrogen-bond donors (Lipinski definition) is 1. The van der Waals surface area contributed by atoms with E-state index in [9.17, 15) is 9.59 Å². The SMILES string of the molecule is Cn1cnc2c(c1=O)CCN(C(=O)NCCc1ccc(Cl)s1)C2. The lowest BCUT2D eigenvalue weighted by atomic mass is 10.1. The van der Waals surface area contributed by atoms with Crippen LogP contribution in [0.5, 0.6) is 0 Å². The lowest BCUT2D eigenvalue weighted by molar-refractivity contribution is 0.191. The number of nitrogens with zero attached hydrogens (tertiary/aromatic N) is 3. The molecule has 2 aromatic heterocycles. The highest BCUT2D eigenvalue weighted by Crippen LogP contribution is 2.21. The predicted molar refractivity (Wildman–Crippen MR) is 90.0 cm³/mol. The van der Waals surface area contributed by atoms with E-state index in [0.717, 1.165) is 15.6 Å². The molecule has 0 unspecified atom stereocenters. The molecular weight excluding hydrogens is 336 g/mol. The molecule has 1 aliphatic heterocycles. The summed E-state index contributed by atoms with van der Waals surface area (Å²) >= 11 is 7.41. The summed E-state index contributed by atoms with van der Waals surface area (Å²) in [6.07, 6.45) is 2.80. The van der Waals surface area contributed by atoms with E-state index in [1.54, 1.807) is 11.9 Å². The second-order valence-electron chi connectivity index (χ2n) is 5.45. The summed E-state index contributed by atoms with van der Waals surface area (Å²) in [6, 6.07) is 3.70. The lowest BCUT2D eigenvalue weighted by Gasteiger charge is -2.27. The Morgan fingerprint density at radius 3 is 3.04 bits per heavy atom. The first-order chi connectivity index (χ1) is 11.0. The maximum atomic E-state index is 12.2. The zero-order chi connectivity index (χ0) is 16.4. The third-order valence-corrected chi connectivity index (χ3v) is 5.14. The molecule has 0 saturated heterocycles. The molecule has 0 saturated carbocycles. The van der Waals surface area contributed by atoms with Crippen molar-refractivity contribution in [3.8, 4) is 0 Å². The Kier molecular flexibility index (Phi) is 4.68. The van der Waals surface area contributed by atoms with Crippen LogP contribution in [0.1, 0.15) is 16.1 Å². The maximum Gasteiger partial charge on any atom is 0.317 e. The van der Waals surface area contributed by atoms with Gasteiger partial charge >= 0.3 is 6.03 Å². The van der Waals surface area contributed by atoms with E-state index in [2.05, 4.69) is 10.3 Å². The Balaban J connectivity index is 1.56. The zero-order valence-electron chi connectivity index (χ0n) is 12.7. The van der Waals surface area contributed by atoms with Crippen molar-refractivity contribution in [3.05, 3.63) is 49.3 Å². The summed E-state index contributed by atoms with van der Waals surface area (Å²) in [5, 5.41) is 2.91. The minimum Gasteiger partial charge on any atom is -0.338 e. The van der Waals surface area contributed by atoms with Crippen LogP contribution in [0, 0.1) is 0 Å². The van der Waals surface area contributed by atoms with Crippen LogP contribution in [0.3, 0.4) is 0 Å². The van der Waals surface area contributed by atoms with Crippen LogP contribution >= 0.6 is 22.9 Å². The Labute approximate surface area is 142 Å². The van der Waals surface area contributed by atoms with Gasteiger partial charge in [0.25, 0.3) is 5.56 Å². The molecule has 3 heterocycles. The van der Waals surface area contributed by atoms with Crippen LogP contribution in [0.2, 0.25) is 4.34 Å². The number of hydrogen-bond acceptors (Lipinski definition) is 4. The van der Waals surface area contributed by atoms with Gasteiger partial charge in [-0.05, 0) is 25.0 Å². The summed E-state index contributed by atoms with van der Waals surface area (Å²) in [5.74, 6) is 0. The molecule has 0 aromatic carbocycles. The number of aromatic nitrogens is 2. The molecule has 2 amide bonds. The van der Waals surface area contributed by atoms with E-state index in [1.807, 2.05) is 12.1 Å². The fourth-order valence-corrected chi connectivity index (χ4v) is 3.67. The van der Waals surface area contributed by atoms with Crippen LogP contribution in [-0.2, 0) is 26.4 Å². The van der Waals surface area contributed by atoms with Crippen molar-refractivity contribution in [2.75, 3.05) is 13.1 Å². The standard InChI is InChI=1S/C15H17ClN4O2S/c1-19-9-18-12-8-20(7-5-11(12)14(19)21)15(22)17-6-4-10-2-3-13(16)23-10/h2-3,9H,4-8H2,1H3,(H,17,22). The van der Waals surface area contributed by atoms with Crippen LogP contribution in [0.25, 0.3) is 0 Å². The van der Waals surface area contributed by atoms with E-state index in [1.165, 1.54) is 22.2 Å². The minimum absolute atomic E-state index is 0.0235. The van der Waals surface area contributed by atoms with Gasteiger partial charge in [-0.1, -0.05) is 11.6 Å². The van der Waals surface area contributed by atoms with Gasteiger partial charge in [0.15, 0.2) is 0 Å². The molecule has 23 heavy (non-hydrogen) atoms. The topological polar surface area (TPSA) is 67.2 Å². The molecule has 8 heteroatoms. The first-order valence-corrected chi connectivity index (χ1v) is 8.54. The number of amides is 2. The highest BCUT2D eigenvalue weighted by atomic mass is 35.5.